The number of halogens is 1. The van der Waals surface area contributed by atoms with Crippen molar-refractivity contribution in [2.24, 2.45) is 0 Å². The molecule has 38 heavy (non-hydrogen) atoms. The van der Waals surface area contributed by atoms with E-state index in [1.807, 2.05) is 0 Å². The number of aromatic nitrogens is 2. The van der Waals surface area contributed by atoms with Gasteiger partial charge in [0, 0.05) is 5.69 Å². The number of nitrogens with zero attached hydrogens (tertiary/aromatic N) is 2. The molecule has 0 aliphatic carbocycles. The smallest absolute Gasteiger partial charge is 0.338 e. The van der Waals surface area contributed by atoms with E-state index >= 15 is 0 Å². The molecule has 2 aromatic carbocycles. The molecule has 3 aromatic heterocycles. The first-order valence-corrected chi connectivity index (χ1v) is 11.6. The van der Waals surface area contributed by atoms with Gasteiger partial charge in [-0.05, 0) is 67.6 Å². The molecule has 0 aliphatic rings. The van der Waals surface area contributed by atoms with Crippen molar-refractivity contribution >= 4 is 46.2 Å². The van der Waals surface area contributed by atoms with Crippen LogP contribution in [0.4, 0.5) is 5.69 Å². The van der Waals surface area contributed by atoms with Gasteiger partial charge < -0.3 is 24.0 Å². The molecule has 5 rings (SSSR count). The van der Waals surface area contributed by atoms with Crippen LogP contribution in [0.15, 0.2) is 82.0 Å². The zero-order valence-corrected chi connectivity index (χ0v) is 20.4. The maximum Gasteiger partial charge on any atom is 0.338 e. The molecular weight excluding hydrogens is 514 g/mol. The Hall–Kier alpha value is -4.96. The van der Waals surface area contributed by atoms with E-state index in [1.54, 1.807) is 30.3 Å². The fraction of sp³-hybridized carbons (Fsp3) is 0.0741. The van der Waals surface area contributed by atoms with Crippen LogP contribution in [-0.2, 0) is 9.53 Å². The van der Waals surface area contributed by atoms with Gasteiger partial charge in [-0.2, -0.15) is 0 Å². The summed E-state index contributed by atoms with van der Waals surface area (Å²) in [6, 6.07) is 15.6. The number of carboxylic acid groups (broad SMARTS) is 1. The van der Waals surface area contributed by atoms with Crippen molar-refractivity contribution in [3.63, 3.8) is 0 Å². The van der Waals surface area contributed by atoms with Crippen LogP contribution >= 0.6 is 11.6 Å². The first-order chi connectivity index (χ1) is 18.3. The molecule has 11 heteroatoms. The van der Waals surface area contributed by atoms with Gasteiger partial charge in [0.2, 0.25) is 0 Å². The number of esters is 1. The number of benzene rings is 2. The van der Waals surface area contributed by atoms with E-state index in [1.165, 1.54) is 49.8 Å². The lowest BCUT2D eigenvalue weighted by molar-refractivity contribution is -0.123. The van der Waals surface area contributed by atoms with Gasteiger partial charge in [0.05, 0.1) is 39.7 Å². The molecule has 3 heterocycles. The van der Waals surface area contributed by atoms with Crippen molar-refractivity contribution in [2.75, 3.05) is 5.32 Å². The van der Waals surface area contributed by atoms with Gasteiger partial charge in [-0.3, -0.25) is 4.79 Å². The molecule has 0 aliphatic heterocycles. The maximum absolute atomic E-state index is 12.8. The predicted octanol–water partition coefficient (Wildman–Crippen LogP) is 5.69. The second-order valence-corrected chi connectivity index (χ2v) is 8.52. The highest BCUT2D eigenvalue weighted by Crippen LogP contribution is 2.32. The van der Waals surface area contributed by atoms with Crippen molar-refractivity contribution in [3.05, 3.63) is 89.3 Å². The highest BCUT2D eigenvalue weighted by atomic mass is 35.5. The van der Waals surface area contributed by atoms with Gasteiger partial charge >= 0.3 is 11.9 Å². The number of hydrogen-bond acceptors (Lipinski definition) is 8. The molecular formula is C27H18ClN3O7. The lowest BCUT2D eigenvalue weighted by Crippen LogP contribution is -2.30. The minimum Gasteiger partial charge on any atom is -0.478 e. The molecule has 0 bridgehead atoms. The number of fused-ring (bicyclic) bond motifs is 1. The van der Waals surface area contributed by atoms with E-state index in [4.69, 9.17) is 25.2 Å². The molecule has 0 radical (unpaired) electrons. The van der Waals surface area contributed by atoms with Crippen LogP contribution in [-0.4, -0.2) is 39.0 Å². The highest BCUT2D eigenvalue weighted by molar-refractivity contribution is 6.33. The number of hydrogen-bond donors (Lipinski definition) is 2. The van der Waals surface area contributed by atoms with Gasteiger partial charge in [0.1, 0.15) is 11.4 Å². The predicted molar refractivity (Wildman–Crippen MR) is 137 cm³/mol. The molecule has 0 fully saturated rings. The number of aromatic carboxylic acids is 1. The van der Waals surface area contributed by atoms with E-state index in [9.17, 15) is 19.5 Å². The number of furan rings is 2. The Kier molecular flexibility index (Phi) is 6.63. The third kappa shape index (κ3) is 4.97. The number of carbonyl (C=O) groups excluding carboxylic acids is 2. The Labute approximate surface area is 219 Å². The average molecular weight is 532 g/mol. The van der Waals surface area contributed by atoms with Crippen molar-refractivity contribution in [3.8, 4) is 22.9 Å². The van der Waals surface area contributed by atoms with Crippen LogP contribution in [0.25, 0.3) is 33.9 Å². The molecule has 1 unspecified atom stereocenters. The van der Waals surface area contributed by atoms with E-state index in [0.717, 1.165) is 0 Å². The highest BCUT2D eigenvalue weighted by Gasteiger charge is 2.22. The first-order valence-electron chi connectivity index (χ1n) is 11.2. The Balaban J connectivity index is 1.37. The van der Waals surface area contributed by atoms with Crippen LogP contribution < -0.4 is 5.32 Å². The maximum atomic E-state index is 12.8. The molecule has 0 saturated heterocycles. The van der Waals surface area contributed by atoms with Crippen LogP contribution in [0.5, 0.6) is 0 Å². The minimum absolute atomic E-state index is 0.0286. The van der Waals surface area contributed by atoms with Gasteiger partial charge in [-0.15, -0.1) is 0 Å². The van der Waals surface area contributed by atoms with Crippen LogP contribution in [0.1, 0.15) is 27.6 Å². The number of nitrogens with one attached hydrogen (secondary N) is 1. The van der Waals surface area contributed by atoms with Crippen LogP contribution in [0, 0.1) is 0 Å². The summed E-state index contributed by atoms with van der Waals surface area (Å²) < 4.78 is 16.4. The largest absolute Gasteiger partial charge is 0.478 e. The SMILES string of the molecule is CC(OC(=O)c1ccc2nc(-c3ccco3)c(-c3ccco3)nc2c1)C(=O)Nc1ccc(Cl)c(C(=O)O)c1. The molecule has 0 spiro atoms. The summed E-state index contributed by atoms with van der Waals surface area (Å²) >= 11 is 5.86. The summed E-state index contributed by atoms with van der Waals surface area (Å²) in [7, 11) is 0. The average Bonchev–Trinajstić information content (AvgIpc) is 3.63. The van der Waals surface area contributed by atoms with Crippen LogP contribution in [0.2, 0.25) is 5.02 Å². The summed E-state index contributed by atoms with van der Waals surface area (Å²) in [6.07, 6.45) is 1.86. The third-order valence-electron chi connectivity index (χ3n) is 5.53. The fourth-order valence-electron chi connectivity index (χ4n) is 3.64. The van der Waals surface area contributed by atoms with Gasteiger partial charge in [0.15, 0.2) is 17.6 Å². The topological polar surface area (TPSA) is 145 Å². The third-order valence-corrected chi connectivity index (χ3v) is 5.86. The van der Waals surface area contributed by atoms with Gasteiger partial charge in [-0.25, -0.2) is 19.6 Å². The summed E-state index contributed by atoms with van der Waals surface area (Å²) in [5.74, 6) is -1.67. The molecule has 190 valence electrons. The number of rotatable bonds is 7. The van der Waals surface area contributed by atoms with Crippen molar-refractivity contribution in [2.45, 2.75) is 13.0 Å². The number of amides is 1. The van der Waals surface area contributed by atoms with Crippen molar-refractivity contribution < 1.29 is 33.1 Å². The molecule has 2 N–H and O–H groups in total. The molecule has 5 aromatic rings. The second kappa shape index (κ2) is 10.2. The number of carboxylic acids is 1. The number of carbonyl (C=O) groups is 3. The quantitative estimate of drug-likeness (QED) is 0.253. The van der Waals surface area contributed by atoms with E-state index in [-0.39, 0.29) is 21.8 Å². The summed E-state index contributed by atoms with van der Waals surface area (Å²) in [5.41, 5.74) is 1.99. The van der Waals surface area contributed by atoms with E-state index in [2.05, 4.69) is 15.3 Å². The zero-order valence-electron chi connectivity index (χ0n) is 19.7. The zero-order chi connectivity index (χ0) is 26.8. The number of anilines is 1. The summed E-state index contributed by atoms with van der Waals surface area (Å²) in [4.78, 5) is 46.0. The van der Waals surface area contributed by atoms with Crippen LogP contribution in [0.3, 0.4) is 0 Å². The summed E-state index contributed by atoms with van der Waals surface area (Å²) in [5, 5.41) is 11.7. The Morgan fingerprint density at radius 3 is 2.18 bits per heavy atom. The normalized spacial score (nSPS) is 11.7. The fourth-order valence-corrected chi connectivity index (χ4v) is 3.84. The second-order valence-electron chi connectivity index (χ2n) is 8.12. The number of ether oxygens (including phenoxy) is 1. The van der Waals surface area contributed by atoms with Crippen molar-refractivity contribution in [1.82, 2.24) is 9.97 Å². The Bertz CT molecular complexity index is 1660. The van der Waals surface area contributed by atoms with E-state index in [0.29, 0.717) is 33.9 Å². The molecule has 0 saturated carbocycles. The standard InChI is InChI=1S/C27H18ClN3O7/c1-14(25(32)29-16-7-8-18(28)17(13-16)26(33)34)38-27(35)15-6-9-19-20(12-15)31-24(22-5-3-11-37-22)23(30-19)21-4-2-10-36-21/h2-14H,1H3,(H,29,32)(H,33,34). The minimum atomic E-state index is -1.24. The van der Waals surface area contributed by atoms with E-state index < -0.39 is 23.9 Å². The lowest BCUT2D eigenvalue weighted by Gasteiger charge is -2.14. The summed E-state index contributed by atoms with van der Waals surface area (Å²) in [6.45, 7) is 1.40. The van der Waals surface area contributed by atoms with Crippen molar-refractivity contribution in [1.29, 1.82) is 0 Å². The van der Waals surface area contributed by atoms with Gasteiger partial charge in [0.25, 0.3) is 5.91 Å². The van der Waals surface area contributed by atoms with Gasteiger partial charge in [-0.1, -0.05) is 11.6 Å². The Morgan fingerprint density at radius 1 is 0.921 bits per heavy atom. The first kappa shape index (κ1) is 24.7. The molecule has 1 amide bonds. The monoisotopic (exact) mass is 531 g/mol. The lowest BCUT2D eigenvalue weighted by atomic mass is 10.1. The molecule has 1 atom stereocenters. The Morgan fingerprint density at radius 2 is 1.58 bits per heavy atom. The molecule has 10 nitrogen and oxygen atoms in total.